The second-order valence-corrected chi connectivity index (χ2v) is 3.38. The third-order valence-corrected chi connectivity index (χ3v) is 1.94. The Hall–Kier alpha value is -1.58. The molecule has 4 nitrogen and oxygen atoms in total. The molecule has 1 aromatic rings. The van der Waals surface area contributed by atoms with Gasteiger partial charge in [0.15, 0.2) is 0 Å². The fourth-order valence-corrected chi connectivity index (χ4v) is 1.10. The SMILES string of the molecule is CNc1cc(C(=O)O)cc(C(C)C)n1. The molecular weight excluding hydrogens is 180 g/mol. The summed E-state index contributed by atoms with van der Waals surface area (Å²) in [5.41, 5.74) is 1.06. The smallest absolute Gasteiger partial charge is 0.335 e. The quantitative estimate of drug-likeness (QED) is 0.772. The molecule has 0 aliphatic heterocycles. The predicted molar refractivity (Wildman–Crippen MR) is 54.8 cm³/mol. The largest absolute Gasteiger partial charge is 0.478 e. The summed E-state index contributed by atoms with van der Waals surface area (Å²) >= 11 is 0. The van der Waals surface area contributed by atoms with Crippen molar-refractivity contribution in [2.75, 3.05) is 12.4 Å². The maximum atomic E-state index is 10.8. The molecule has 4 heteroatoms. The molecule has 0 aliphatic carbocycles. The minimum atomic E-state index is -0.925. The van der Waals surface area contributed by atoms with Crippen molar-refractivity contribution in [2.45, 2.75) is 19.8 Å². The number of anilines is 1. The van der Waals surface area contributed by atoms with E-state index >= 15 is 0 Å². The second kappa shape index (κ2) is 4.09. The predicted octanol–water partition coefficient (Wildman–Crippen LogP) is 1.94. The lowest BCUT2D eigenvalue weighted by Gasteiger charge is -2.08. The molecule has 1 heterocycles. The molecule has 0 aromatic carbocycles. The van der Waals surface area contributed by atoms with Gasteiger partial charge in [-0.25, -0.2) is 9.78 Å². The minimum absolute atomic E-state index is 0.224. The standard InChI is InChI=1S/C10H14N2O2/c1-6(2)8-4-7(10(13)14)5-9(11-3)12-8/h4-6H,1-3H3,(H,11,12)(H,13,14). The van der Waals surface area contributed by atoms with Gasteiger partial charge in [0.25, 0.3) is 0 Å². The first-order chi connectivity index (χ1) is 6.54. The molecule has 0 aliphatic rings. The van der Waals surface area contributed by atoms with Crippen molar-refractivity contribution in [3.05, 3.63) is 23.4 Å². The number of carboxylic acids is 1. The third-order valence-electron chi connectivity index (χ3n) is 1.94. The first kappa shape index (κ1) is 10.5. The first-order valence-corrected chi connectivity index (χ1v) is 4.47. The van der Waals surface area contributed by atoms with Crippen LogP contribution in [-0.4, -0.2) is 23.1 Å². The van der Waals surface area contributed by atoms with Crippen LogP contribution in [0, 0.1) is 0 Å². The molecule has 0 unspecified atom stereocenters. The minimum Gasteiger partial charge on any atom is -0.478 e. The monoisotopic (exact) mass is 194 g/mol. The molecule has 0 saturated heterocycles. The second-order valence-electron chi connectivity index (χ2n) is 3.38. The van der Waals surface area contributed by atoms with E-state index in [9.17, 15) is 4.79 Å². The van der Waals surface area contributed by atoms with E-state index in [2.05, 4.69) is 10.3 Å². The molecule has 14 heavy (non-hydrogen) atoms. The fraction of sp³-hybridized carbons (Fsp3) is 0.400. The van der Waals surface area contributed by atoms with Crippen LogP contribution in [0.15, 0.2) is 12.1 Å². The maximum absolute atomic E-state index is 10.8. The van der Waals surface area contributed by atoms with Crippen molar-refractivity contribution >= 4 is 11.8 Å². The molecule has 0 bridgehead atoms. The average Bonchev–Trinajstić information content (AvgIpc) is 2.16. The van der Waals surface area contributed by atoms with E-state index in [0.717, 1.165) is 5.69 Å². The Labute approximate surface area is 83.0 Å². The van der Waals surface area contributed by atoms with Crippen molar-refractivity contribution in [3.63, 3.8) is 0 Å². The molecule has 76 valence electrons. The Morgan fingerprint density at radius 2 is 2.14 bits per heavy atom. The van der Waals surface area contributed by atoms with Gasteiger partial charge < -0.3 is 10.4 Å². The van der Waals surface area contributed by atoms with Gasteiger partial charge in [-0.1, -0.05) is 13.8 Å². The van der Waals surface area contributed by atoms with Gasteiger partial charge in [-0.2, -0.15) is 0 Å². The number of hydrogen-bond acceptors (Lipinski definition) is 3. The lowest BCUT2D eigenvalue weighted by Crippen LogP contribution is -2.04. The molecule has 0 spiro atoms. The molecular formula is C10H14N2O2. The van der Waals surface area contributed by atoms with Crippen LogP contribution >= 0.6 is 0 Å². The highest BCUT2D eigenvalue weighted by atomic mass is 16.4. The van der Waals surface area contributed by atoms with E-state index in [-0.39, 0.29) is 11.5 Å². The number of hydrogen-bond donors (Lipinski definition) is 2. The van der Waals surface area contributed by atoms with Gasteiger partial charge in [0.05, 0.1) is 5.56 Å². The molecule has 2 N–H and O–H groups in total. The van der Waals surface area contributed by atoms with Crippen molar-refractivity contribution in [2.24, 2.45) is 0 Å². The van der Waals surface area contributed by atoms with Gasteiger partial charge in [-0.3, -0.25) is 0 Å². The number of nitrogens with one attached hydrogen (secondary N) is 1. The Bertz CT molecular complexity index is 348. The molecule has 1 aromatic heterocycles. The van der Waals surface area contributed by atoms with Crippen LogP contribution in [0.25, 0.3) is 0 Å². The van der Waals surface area contributed by atoms with Crippen molar-refractivity contribution in [1.82, 2.24) is 4.98 Å². The number of carbonyl (C=O) groups is 1. The van der Waals surface area contributed by atoms with Crippen LogP contribution in [0.3, 0.4) is 0 Å². The molecule has 0 amide bonds. The number of carboxylic acid groups (broad SMARTS) is 1. The Balaban J connectivity index is 3.20. The van der Waals surface area contributed by atoms with Crippen LogP contribution in [0.5, 0.6) is 0 Å². The first-order valence-electron chi connectivity index (χ1n) is 4.47. The summed E-state index contributed by atoms with van der Waals surface area (Å²) in [5, 5.41) is 11.7. The zero-order chi connectivity index (χ0) is 10.7. The third kappa shape index (κ3) is 2.22. The van der Waals surface area contributed by atoms with Crippen LogP contribution in [0.4, 0.5) is 5.82 Å². The normalized spacial score (nSPS) is 10.3. The molecule has 1 rings (SSSR count). The van der Waals surface area contributed by atoms with Gasteiger partial charge in [0.2, 0.25) is 0 Å². The summed E-state index contributed by atoms with van der Waals surface area (Å²) in [6.45, 7) is 3.96. The van der Waals surface area contributed by atoms with Crippen LogP contribution in [-0.2, 0) is 0 Å². The fourth-order valence-electron chi connectivity index (χ4n) is 1.10. The highest BCUT2D eigenvalue weighted by molar-refractivity contribution is 5.88. The molecule has 0 atom stereocenters. The van der Waals surface area contributed by atoms with Gasteiger partial charge in [0.1, 0.15) is 5.82 Å². The number of rotatable bonds is 3. The van der Waals surface area contributed by atoms with Gasteiger partial charge in [0, 0.05) is 12.7 Å². The topological polar surface area (TPSA) is 62.2 Å². The maximum Gasteiger partial charge on any atom is 0.335 e. The molecule has 0 saturated carbocycles. The number of aromatic nitrogens is 1. The zero-order valence-corrected chi connectivity index (χ0v) is 8.53. The average molecular weight is 194 g/mol. The highest BCUT2D eigenvalue weighted by Gasteiger charge is 2.09. The number of nitrogens with zero attached hydrogens (tertiary/aromatic N) is 1. The van der Waals surface area contributed by atoms with Crippen molar-refractivity contribution in [3.8, 4) is 0 Å². The summed E-state index contributed by atoms with van der Waals surface area (Å²) in [4.78, 5) is 15.0. The van der Waals surface area contributed by atoms with E-state index in [1.807, 2.05) is 13.8 Å². The summed E-state index contributed by atoms with van der Waals surface area (Å²) in [5.74, 6) is -0.110. The van der Waals surface area contributed by atoms with Gasteiger partial charge in [-0.15, -0.1) is 0 Å². The Morgan fingerprint density at radius 3 is 2.57 bits per heavy atom. The lowest BCUT2D eigenvalue weighted by molar-refractivity contribution is 0.0696. The van der Waals surface area contributed by atoms with Crippen molar-refractivity contribution in [1.29, 1.82) is 0 Å². The van der Waals surface area contributed by atoms with Crippen LogP contribution < -0.4 is 5.32 Å². The summed E-state index contributed by atoms with van der Waals surface area (Å²) in [7, 11) is 1.72. The van der Waals surface area contributed by atoms with E-state index in [1.54, 1.807) is 13.1 Å². The lowest BCUT2D eigenvalue weighted by atomic mass is 10.1. The van der Waals surface area contributed by atoms with Crippen LogP contribution in [0.1, 0.15) is 35.8 Å². The zero-order valence-electron chi connectivity index (χ0n) is 8.53. The van der Waals surface area contributed by atoms with Crippen molar-refractivity contribution < 1.29 is 9.90 Å². The van der Waals surface area contributed by atoms with Crippen LogP contribution in [0.2, 0.25) is 0 Å². The van der Waals surface area contributed by atoms with Gasteiger partial charge in [-0.05, 0) is 18.1 Å². The van der Waals surface area contributed by atoms with E-state index in [4.69, 9.17) is 5.11 Å². The summed E-state index contributed by atoms with van der Waals surface area (Å²) < 4.78 is 0. The number of aromatic carboxylic acids is 1. The molecule has 0 fully saturated rings. The van der Waals surface area contributed by atoms with Gasteiger partial charge >= 0.3 is 5.97 Å². The molecule has 0 radical (unpaired) electrons. The van der Waals surface area contributed by atoms with E-state index in [0.29, 0.717) is 5.82 Å². The Morgan fingerprint density at radius 1 is 1.50 bits per heavy atom. The highest BCUT2D eigenvalue weighted by Crippen LogP contribution is 2.17. The summed E-state index contributed by atoms with van der Waals surface area (Å²) in [6, 6.07) is 3.13. The number of pyridine rings is 1. The van der Waals surface area contributed by atoms with E-state index < -0.39 is 5.97 Å². The summed E-state index contributed by atoms with van der Waals surface area (Å²) in [6.07, 6.45) is 0. The van der Waals surface area contributed by atoms with E-state index in [1.165, 1.54) is 6.07 Å². The Kier molecular flexibility index (Phi) is 3.06.